The predicted molar refractivity (Wildman–Crippen MR) is 89.9 cm³/mol. The minimum absolute atomic E-state index is 0.648. The van der Waals surface area contributed by atoms with Crippen LogP contribution in [0, 0.1) is 0 Å². The van der Waals surface area contributed by atoms with E-state index < -0.39 is 0 Å². The molecule has 0 spiro atoms. The molecule has 3 heteroatoms. The number of nitrogens with zero attached hydrogens (tertiary/aromatic N) is 1. The molecule has 0 unspecified atom stereocenters. The van der Waals surface area contributed by atoms with Gasteiger partial charge in [0.1, 0.15) is 0 Å². The molecule has 21 heavy (non-hydrogen) atoms. The van der Waals surface area contributed by atoms with Crippen molar-refractivity contribution < 1.29 is 4.74 Å². The van der Waals surface area contributed by atoms with E-state index in [1.165, 1.54) is 42.5 Å². The Bertz CT molecular complexity index is 429. The number of rotatable bonds is 8. The van der Waals surface area contributed by atoms with Crippen molar-refractivity contribution in [3.8, 4) is 0 Å². The van der Waals surface area contributed by atoms with E-state index in [4.69, 9.17) is 4.74 Å². The van der Waals surface area contributed by atoms with Gasteiger partial charge >= 0.3 is 0 Å². The zero-order valence-corrected chi connectivity index (χ0v) is 13.8. The van der Waals surface area contributed by atoms with Crippen LogP contribution in [-0.4, -0.2) is 37.7 Å². The smallest absolute Gasteiger partial charge is 0.0589 e. The lowest BCUT2D eigenvalue weighted by molar-refractivity contribution is 0.110. The van der Waals surface area contributed by atoms with Crippen molar-refractivity contribution in [2.24, 2.45) is 0 Å². The molecule has 1 aromatic carbocycles. The number of hydrogen-bond donors (Lipinski definition) is 1. The van der Waals surface area contributed by atoms with Crippen molar-refractivity contribution in [2.75, 3.05) is 32.1 Å². The van der Waals surface area contributed by atoms with Gasteiger partial charge in [-0.2, -0.15) is 0 Å². The van der Waals surface area contributed by atoms with Gasteiger partial charge in [-0.15, -0.1) is 0 Å². The number of aryl methyl sites for hydroxylation is 1. The van der Waals surface area contributed by atoms with Gasteiger partial charge in [0, 0.05) is 38.5 Å². The molecule has 1 aromatic rings. The highest BCUT2D eigenvalue weighted by Gasteiger charge is 2.16. The Kier molecular flexibility index (Phi) is 6.52. The summed E-state index contributed by atoms with van der Waals surface area (Å²) in [5.41, 5.74) is 4.24. The maximum atomic E-state index is 5.29. The Hall–Kier alpha value is -1.06. The summed E-state index contributed by atoms with van der Waals surface area (Å²) in [5.74, 6) is 0. The SMILES string of the molecule is CCC(CC)N(CCOC)Cc1ccc2c(c1)CCCN2. The third kappa shape index (κ3) is 4.45. The van der Waals surface area contributed by atoms with Gasteiger partial charge < -0.3 is 10.1 Å². The summed E-state index contributed by atoms with van der Waals surface area (Å²) in [7, 11) is 1.79. The lowest BCUT2D eigenvalue weighted by Gasteiger charge is -2.30. The maximum Gasteiger partial charge on any atom is 0.0589 e. The predicted octanol–water partition coefficient (Wildman–Crippen LogP) is 3.68. The molecule has 0 aliphatic carbocycles. The molecule has 1 heterocycles. The number of benzene rings is 1. The quantitative estimate of drug-likeness (QED) is 0.790. The van der Waals surface area contributed by atoms with Crippen LogP contribution in [0.1, 0.15) is 44.2 Å². The Labute approximate surface area is 129 Å². The number of fused-ring (bicyclic) bond motifs is 1. The van der Waals surface area contributed by atoms with Gasteiger partial charge in [-0.25, -0.2) is 0 Å². The molecule has 0 saturated carbocycles. The summed E-state index contributed by atoms with van der Waals surface area (Å²) in [5, 5.41) is 3.49. The Morgan fingerprint density at radius 1 is 1.29 bits per heavy atom. The zero-order chi connectivity index (χ0) is 15.1. The van der Waals surface area contributed by atoms with Crippen LogP contribution in [0.2, 0.25) is 0 Å². The highest BCUT2D eigenvalue weighted by atomic mass is 16.5. The fourth-order valence-electron chi connectivity index (χ4n) is 3.27. The van der Waals surface area contributed by atoms with Crippen molar-refractivity contribution in [1.29, 1.82) is 0 Å². The molecule has 0 bridgehead atoms. The molecule has 0 fully saturated rings. The molecule has 2 rings (SSSR count). The third-order valence-corrected chi connectivity index (χ3v) is 4.54. The minimum Gasteiger partial charge on any atom is -0.385 e. The van der Waals surface area contributed by atoms with Crippen LogP contribution in [0.3, 0.4) is 0 Å². The molecule has 0 atom stereocenters. The molecule has 1 aliphatic heterocycles. The Morgan fingerprint density at radius 3 is 2.81 bits per heavy atom. The second kappa shape index (κ2) is 8.40. The molecule has 0 aromatic heterocycles. The second-order valence-electron chi connectivity index (χ2n) is 5.96. The van der Waals surface area contributed by atoms with Crippen LogP contribution in [0.15, 0.2) is 18.2 Å². The van der Waals surface area contributed by atoms with E-state index in [-0.39, 0.29) is 0 Å². The third-order valence-electron chi connectivity index (χ3n) is 4.54. The van der Waals surface area contributed by atoms with Crippen molar-refractivity contribution >= 4 is 5.69 Å². The summed E-state index contributed by atoms with van der Waals surface area (Å²) in [6, 6.07) is 7.57. The minimum atomic E-state index is 0.648. The number of hydrogen-bond acceptors (Lipinski definition) is 3. The van der Waals surface area contributed by atoms with E-state index in [1.807, 2.05) is 0 Å². The number of ether oxygens (including phenoxy) is 1. The summed E-state index contributed by atoms with van der Waals surface area (Å²) in [6.45, 7) is 8.53. The van der Waals surface area contributed by atoms with Crippen LogP contribution in [-0.2, 0) is 17.7 Å². The first kappa shape index (κ1) is 16.3. The van der Waals surface area contributed by atoms with E-state index in [1.54, 1.807) is 7.11 Å². The van der Waals surface area contributed by atoms with E-state index in [0.29, 0.717) is 6.04 Å². The van der Waals surface area contributed by atoms with Gasteiger partial charge in [0.15, 0.2) is 0 Å². The fourth-order valence-corrected chi connectivity index (χ4v) is 3.27. The van der Waals surface area contributed by atoms with Gasteiger partial charge in [0.05, 0.1) is 6.61 Å². The molecule has 1 aliphatic rings. The fraction of sp³-hybridized carbons (Fsp3) is 0.667. The van der Waals surface area contributed by atoms with Gasteiger partial charge in [-0.1, -0.05) is 26.0 Å². The van der Waals surface area contributed by atoms with E-state index in [2.05, 4.69) is 42.3 Å². The lowest BCUT2D eigenvalue weighted by atomic mass is 10.00. The monoisotopic (exact) mass is 290 g/mol. The molecule has 0 amide bonds. The van der Waals surface area contributed by atoms with E-state index >= 15 is 0 Å². The molecule has 0 radical (unpaired) electrons. The number of methoxy groups -OCH3 is 1. The maximum absolute atomic E-state index is 5.29. The van der Waals surface area contributed by atoms with Crippen molar-refractivity contribution in [3.63, 3.8) is 0 Å². The van der Waals surface area contributed by atoms with Crippen LogP contribution in [0.4, 0.5) is 5.69 Å². The van der Waals surface area contributed by atoms with Gasteiger partial charge in [-0.05, 0) is 42.9 Å². The van der Waals surface area contributed by atoms with Crippen LogP contribution in [0.5, 0.6) is 0 Å². The normalized spacial score (nSPS) is 14.3. The average Bonchev–Trinajstić information content (AvgIpc) is 2.53. The summed E-state index contributed by atoms with van der Waals surface area (Å²) in [4.78, 5) is 2.57. The van der Waals surface area contributed by atoms with Crippen molar-refractivity contribution in [1.82, 2.24) is 4.90 Å². The summed E-state index contributed by atoms with van der Waals surface area (Å²) in [6.07, 6.45) is 4.86. The highest BCUT2D eigenvalue weighted by molar-refractivity contribution is 5.54. The summed E-state index contributed by atoms with van der Waals surface area (Å²) < 4.78 is 5.29. The van der Waals surface area contributed by atoms with Crippen molar-refractivity contribution in [2.45, 2.75) is 52.1 Å². The first-order chi connectivity index (χ1) is 10.3. The molecule has 3 nitrogen and oxygen atoms in total. The Balaban J connectivity index is 2.07. The van der Waals surface area contributed by atoms with E-state index in [9.17, 15) is 0 Å². The van der Waals surface area contributed by atoms with Crippen molar-refractivity contribution in [3.05, 3.63) is 29.3 Å². The zero-order valence-electron chi connectivity index (χ0n) is 13.8. The van der Waals surface area contributed by atoms with Gasteiger partial charge in [0.25, 0.3) is 0 Å². The molecular weight excluding hydrogens is 260 g/mol. The lowest BCUT2D eigenvalue weighted by Crippen LogP contribution is -2.36. The van der Waals surface area contributed by atoms with Crippen LogP contribution in [0.25, 0.3) is 0 Å². The van der Waals surface area contributed by atoms with Crippen LogP contribution >= 0.6 is 0 Å². The first-order valence-corrected chi connectivity index (χ1v) is 8.37. The van der Waals surface area contributed by atoms with Gasteiger partial charge in [-0.3, -0.25) is 4.90 Å². The summed E-state index contributed by atoms with van der Waals surface area (Å²) >= 11 is 0. The van der Waals surface area contributed by atoms with Gasteiger partial charge in [0.2, 0.25) is 0 Å². The second-order valence-corrected chi connectivity index (χ2v) is 5.96. The largest absolute Gasteiger partial charge is 0.385 e. The standard InChI is InChI=1S/C18H30N2O/c1-4-17(5-2)20(11-12-21-3)14-15-8-9-18-16(13-15)7-6-10-19-18/h8-9,13,17,19H,4-7,10-12,14H2,1-3H3. The Morgan fingerprint density at radius 2 is 2.10 bits per heavy atom. The molecular formula is C18H30N2O. The van der Waals surface area contributed by atoms with E-state index in [0.717, 1.165) is 26.2 Å². The van der Waals surface area contributed by atoms with Crippen LogP contribution < -0.4 is 5.32 Å². The average molecular weight is 290 g/mol. The molecule has 118 valence electrons. The topological polar surface area (TPSA) is 24.5 Å². The highest BCUT2D eigenvalue weighted by Crippen LogP contribution is 2.24. The first-order valence-electron chi connectivity index (χ1n) is 8.37. The number of anilines is 1. The molecule has 1 N–H and O–H groups in total. The molecule has 0 saturated heterocycles. The number of nitrogens with one attached hydrogen (secondary N) is 1.